The summed E-state index contributed by atoms with van der Waals surface area (Å²) in [7, 11) is 1.39. The van der Waals surface area contributed by atoms with Gasteiger partial charge in [0.05, 0.1) is 22.0 Å². The smallest absolute Gasteiger partial charge is 0.277 e. The highest BCUT2D eigenvalue weighted by Crippen LogP contribution is 2.37. The third kappa shape index (κ3) is 3.83. The van der Waals surface area contributed by atoms with Gasteiger partial charge in [-0.3, -0.25) is 19.8 Å². The molecule has 0 atom stereocenters. The molecule has 1 N–H and O–H groups in total. The number of allylic oxidation sites excluding steroid dienone is 1. The Hall–Kier alpha value is -2.97. The molecular weight excluding hydrogens is 407 g/mol. The van der Waals surface area contributed by atoms with Gasteiger partial charge in [-0.05, 0) is 19.1 Å². The zero-order chi connectivity index (χ0) is 20.6. The maximum atomic E-state index is 12.2. The topological polar surface area (TPSA) is 103 Å². The summed E-state index contributed by atoms with van der Waals surface area (Å²) in [4.78, 5) is 35.7. The molecule has 0 saturated carbocycles. The van der Waals surface area contributed by atoms with Crippen LogP contribution in [0.25, 0.3) is 0 Å². The van der Waals surface area contributed by atoms with E-state index < -0.39 is 11.3 Å². The van der Waals surface area contributed by atoms with Crippen molar-refractivity contribution in [2.24, 2.45) is 12.1 Å². The molecule has 0 bridgehead atoms. The van der Waals surface area contributed by atoms with Crippen LogP contribution in [-0.2, 0) is 11.8 Å². The van der Waals surface area contributed by atoms with Crippen LogP contribution < -0.4 is 15.7 Å². The molecule has 0 unspecified atom stereocenters. The number of halogens is 2. The molecule has 10 heteroatoms. The molecule has 28 heavy (non-hydrogen) atoms. The number of carbonyl (C=O) groups is 2. The van der Waals surface area contributed by atoms with Crippen LogP contribution in [0, 0.1) is 0 Å². The Morgan fingerprint density at radius 3 is 2.46 bits per heavy atom. The van der Waals surface area contributed by atoms with Gasteiger partial charge in [-0.2, -0.15) is 5.10 Å². The number of hydrazone groups is 1. The highest BCUT2D eigenvalue weighted by atomic mass is 35.5. The Kier molecular flexibility index (Phi) is 5.35. The Labute approximate surface area is 169 Å². The average Bonchev–Trinajstić information content (AvgIpc) is 2.60. The summed E-state index contributed by atoms with van der Waals surface area (Å²) in [6, 6.07) is 4.17. The minimum Gasteiger partial charge on any atom is -0.434 e. The summed E-state index contributed by atoms with van der Waals surface area (Å²) >= 11 is 12.6. The molecule has 2 aromatic rings. The standard InChI is InChI=1S/C18H14Cl2N4O4/c1-8-4-14(26)16(22-21-8)10-5-12(19)17(13(20)6-10)28-15-7-11(9(2)25)18(27)24(3)23-15/h5-7,21H,1,4H2,2-3H3. The van der Waals surface area contributed by atoms with E-state index in [0.717, 1.165) is 4.68 Å². The van der Waals surface area contributed by atoms with Crippen LogP contribution in [0.1, 0.15) is 29.3 Å². The van der Waals surface area contributed by atoms with E-state index in [0.29, 0.717) is 11.3 Å². The number of nitrogens with zero attached hydrogens (tertiary/aromatic N) is 3. The Morgan fingerprint density at radius 1 is 1.25 bits per heavy atom. The Bertz CT molecular complexity index is 1100. The summed E-state index contributed by atoms with van der Waals surface area (Å²) in [6.45, 7) is 4.92. The lowest BCUT2D eigenvalue weighted by atomic mass is 10.0. The second kappa shape index (κ2) is 7.57. The van der Waals surface area contributed by atoms with Crippen molar-refractivity contribution in [2.45, 2.75) is 13.3 Å². The van der Waals surface area contributed by atoms with Crippen LogP contribution >= 0.6 is 23.2 Å². The highest BCUT2D eigenvalue weighted by Gasteiger charge is 2.23. The molecule has 0 spiro atoms. The first-order valence-electron chi connectivity index (χ1n) is 7.98. The summed E-state index contributed by atoms with van der Waals surface area (Å²) < 4.78 is 6.59. The fourth-order valence-electron chi connectivity index (χ4n) is 2.52. The van der Waals surface area contributed by atoms with Gasteiger partial charge >= 0.3 is 0 Å². The molecule has 1 aliphatic heterocycles. The van der Waals surface area contributed by atoms with E-state index in [-0.39, 0.29) is 45.2 Å². The maximum Gasteiger partial charge on any atom is 0.277 e. The SMILES string of the molecule is C=C1CC(=O)C(c2cc(Cl)c(Oc3cc(C(C)=O)c(=O)n(C)n3)c(Cl)c2)=NN1. The first-order chi connectivity index (χ1) is 13.2. The molecule has 3 rings (SSSR count). The van der Waals surface area contributed by atoms with Crippen molar-refractivity contribution in [2.75, 3.05) is 0 Å². The van der Waals surface area contributed by atoms with Gasteiger partial charge in [0.15, 0.2) is 17.3 Å². The van der Waals surface area contributed by atoms with Gasteiger partial charge in [0.1, 0.15) is 5.71 Å². The number of aryl methyl sites for hydroxylation is 1. The molecule has 0 amide bonds. The first kappa shape index (κ1) is 19.8. The van der Waals surface area contributed by atoms with Crippen LogP contribution in [0.5, 0.6) is 11.6 Å². The van der Waals surface area contributed by atoms with Gasteiger partial charge in [-0.25, -0.2) is 4.68 Å². The zero-order valence-electron chi connectivity index (χ0n) is 14.9. The lowest BCUT2D eigenvalue weighted by Gasteiger charge is -2.16. The summed E-state index contributed by atoms with van der Waals surface area (Å²) in [5, 5.41) is 8.12. The van der Waals surface area contributed by atoms with Crippen LogP contribution in [0.15, 0.2) is 40.4 Å². The molecule has 1 aromatic heterocycles. The van der Waals surface area contributed by atoms with Crippen molar-refractivity contribution in [3.63, 3.8) is 0 Å². The van der Waals surface area contributed by atoms with Crippen molar-refractivity contribution in [3.05, 3.63) is 62.0 Å². The number of hydrogen-bond acceptors (Lipinski definition) is 7. The largest absolute Gasteiger partial charge is 0.434 e. The van der Waals surface area contributed by atoms with Crippen molar-refractivity contribution >= 4 is 40.5 Å². The minimum atomic E-state index is -0.546. The number of aromatic nitrogens is 2. The van der Waals surface area contributed by atoms with Gasteiger partial charge in [0.2, 0.25) is 5.88 Å². The molecular formula is C18H14Cl2N4O4. The molecule has 144 valence electrons. The summed E-state index contributed by atoms with van der Waals surface area (Å²) in [5.74, 6) is -0.624. The van der Waals surface area contributed by atoms with E-state index in [1.54, 1.807) is 0 Å². The lowest BCUT2D eigenvalue weighted by Crippen LogP contribution is -2.27. The van der Waals surface area contributed by atoms with E-state index in [1.165, 1.54) is 32.2 Å². The van der Waals surface area contributed by atoms with Crippen LogP contribution in [0.2, 0.25) is 10.0 Å². The number of nitrogens with one attached hydrogen (secondary N) is 1. The molecule has 0 radical (unpaired) electrons. The Morgan fingerprint density at radius 2 is 1.89 bits per heavy atom. The van der Waals surface area contributed by atoms with Gasteiger partial charge in [-0.1, -0.05) is 29.8 Å². The molecule has 1 aliphatic rings. The molecule has 0 aliphatic carbocycles. The number of ketones is 2. The van der Waals surface area contributed by atoms with Gasteiger partial charge in [-0.15, -0.1) is 5.10 Å². The summed E-state index contributed by atoms with van der Waals surface area (Å²) in [5.41, 5.74) is 3.11. The zero-order valence-corrected chi connectivity index (χ0v) is 16.4. The molecule has 8 nitrogen and oxygen atoms in total. The van der Waals surface area contributed by atoms with Gasteiger partial charge < -0.3 is 4.74 Å². The van der Waals surface area contributed by atoms with E-state index in [4.69, 9.17) is 27.9 Å². The third-order valence-corrected chi connectivity index (χ3v) is 4.42. The second-order valence-corrected chi connectivity index (χ2v) is 6.84. The normalized spacial score (nSPS) is 13.8. The van der Waals surface area contributed by atoms with Crippen LogP contribution in [-0.4, -0.2) is 27.1 Å². The van der Waals surface area contributed by atoms with Crippen molar-refractivity contribution in [3.8, 4) is 11.6 Å². The number of hydrogen-bond donors (Lipinski definition) is 1. The van der Waals surface area contributed by atoms with E-state index >= 15 is 0 Å². The molecule has 0 fully saturated rings. The second-order valence-electron chi connectivity index (χ2n) is 6.03. The molecule has 1 aromatic carbocycles. The lowest BCUT2D eigenvalue weighted by molar-refractivity contribution is -0.112. The molecule has 0 saturated heterocycles. The number of rotatable bonds is 4. The highest BCUT2D eigenvalue weighted by molar-refractivity contribution is 6.48. The number of benzene rings is 1. The van der Waals surface area contributed by atoms with E-state index in [2.05, 4.69) is 22.2 Å². The minimum absolute atomic E-state index is 0.0344. The van der Waals surface area contributed by atoms with E-state index in [1.807, 2.05) is 0 Å². The quantitative estimate of drug-likeness (QED) is 0.762. The number of ether oxygens (including phenoxy) is 1. The van der Waals surface area contributed by atoms with Gasteiger partial charge in [0, 0.05) is 24.4 Å². The van der Waals surface area contributed by atoms with Crippen LogP contribution in [0.4, 0.5) is 0 Å². The fourth-order valence-corrected chi connectivity index (χ4v) is 3.09. The van der Waals surface area contributed by atoms with E-state index in [9.17, 15) is 14.4 Å². The first-order valence-corrected chi connectivity index (χ1v) is 8.74. The Balaban J connectivity index is 1.99. The summed E-state index contributed by atoms with van der Waals surface area (Å²) in [6.07, 6.45) is 0.113. The average molecular weight is 421 g/mol. The predicted molar refractivity (Wildman–Crippen MR) is 104 cm³/mol. The number of carbonyl (C=O) groups excluding carboxylic acids is 2. The van der Waals surface area contributed by atoms with Gasteiger partial charge in [0.25, 0.3) is 5.56 Å². The third-order valence-electron chi connectivity index (χ3n) is 3.86. The van der Waals surface area contributed by atoms with Crippen molar-refractivity contribution < 1.29 is 14.3 Å². The van der Waals surface area contributed by atoms with Crippen molar-refractivity contribution in [1.82, 2.24) is 15.2 Å². The monoisotopic (exact) mass is 420 g/mol. The van der Waals surface area contributed by atoms with Crippen LogP contribution in [0.3, 0.4) is 0 Å². The fraction of sp³-hybridized carbons (Fsp3) is 0.167. The maximum absolute atomic E-state index is 12.2. The number of Topliss-reactive ketones (excluding diaryl/α,β-unsaturated/α-hetero) is 2. The predicted octanol–water partition coefficient (Wildman–Crippen LogP) is 2.86. The van der Waals surface area contributed by atoms with Crippen molar-refractivity contribution in [1.29, 1.82) is 0 Å². The molecule has 2 heterocycles.